The lowest BCUT2D eigenvalue weighted by molar-refractivity contribution is -0.138. The average molecular weight is 393 g/mol. The summed E-state index contributed by atoms with van der Waals surface area (Å²) in [6, 6.07) is 7.18. The van der Waals surface area contributed by atoms with E-state index in [2.05, 4.69) is 5.32 Å². The zero-order valence-electron chi connectivity index (χ0n) is 15.8. The molecule has 2 rings (SSSR count). The second-order valence-corrected chi connectivity index (χ2v) is 7.51. The van der Waals surface area contributed by atoms with Crippen molar-refractivity contribution in [3.05, 3.63) is 29.3 Å². The van der Waals surface area contributed by atoms with E-state index >= 15 is 0 Å². The van der Waals surface area contributed by atoms with Gasteiger partial charge in [0, 0.05) is 36.5 Å². The quantitative estimate of drug-likeness (QED) is 0.404. The molecular weight excluding hydrogens is 364 g/mol. The normalized spacial score (nSPS) is 14.0. The molecule has 27 heavy (non-hydrogen) atoms. The number of halogens is 1. The lowest BCUT2D eigenvalue weighted by Crippen LogP contribution is -2.29. The van der Waals surface area contributed by atoms with Crippen molar-refractivity contribution in [1.29, 1.82) is 0 Å². The number of anilines is 1. The van der Waals surface area contributed by atoms with E-state index in [1.54, 1.807) is 12.1 Å². The predicted molar refractivity (Wildman–Crippen MR) is 108 cm³/mol. The van der Waals surface area contributed by atoms with Crippen LogP contribution in [0.3, 0.4) is 0 Å². The molecule has 0 atom stereocenters. The van der Waals surface area contributed by atoms with Gasteiger partial charge in [0.15, 0.2) is 0 Å². The highest BCUT2D eigenvalue weighted by Gasteiger charge is 2.27. The Balaban J connectivity index is 1.41. The summed E-state index contributed by atoms with van der Waals surface area (Å²) in [6.07, 6.45) is 9.80. The molecule has 0 aliphatic carbocycles. The number of likely N-dealkylation sites (tertiary alicyclic amines) is 1. The van der Waals surface area contributed by atoms with Crippen LogP contribution in [-0.4, -0.2) is 29.2 Å². The van der Waals surface area contributed by atoms with Crippen molar-refractivity contribution in [2.24, 2.45) is 0 Å². The van der Waals surface area contributed by atoms with Gasteiger partial charge in [0.05, 0.1) is 0 Å². The van der Waals surface area contributed by atoms with Gasteiger partial charge in [0.25, 0.3) is 0 Å². The summed E-state index contributed by atoms with van der Waals surface area (Å²) in [5.41, 5.74) is 0.741. The van der Waals surface area contributed by atoms with E-state index in [-0.39, 0.29) is 17.7 Å². The first-order valence-electron chi connectivity index (χ1n) is 9.95. The van der Waals surface area contributed by atoms with Crippen LogP contribution in [0.2, 0.25) is 5.02 Å². The lowest BCUT2D eigenvalue weighted by atomic mass is 10.1. The summed E-state index contributed by atoms with van der Waals surface area (Å²) >= 11 is 5.90. The number of benzene rings is 1. The van der Waals surface area contributed by atoms with Crippen LogP contribution >= 0.6 is 11.6 Å². The molecule has 0 spiro atoms. The van der Waals surface area contributed by atoms with Gasteiger partial charge < -0.3 is 5.32 Å². The first kappa shape index (κ1) is 21.4. The van der Waals surface area contributed by atoms with Gasteiger partial charge >= 0.3 is 0 Å². The second kappa shape index (κ2) is 11.8. The van der Waals surface area contributed by atoms with E-state index < -0.39 is 0 Å². The largest absolute Gasteiger partial charge is 0.326 e. The maximum absolute atomic E-state index is 11.9. The molecule has 1 aromatic carbocycles. The molecule has 0 radical (unpaired) electrons. The summed E-state index contributed by atoms with van der Waals surface area (Å²) in [5, 5.41) is 3.48. The summed E-state index contributed by atoms with van der Waals surface area (Å²) in [4.78, 5) is 36.3. The highest BCUT2D eigenvalue weighted by Crippen LogP contribution is 2.16. The van der Waals surface area contributed by atoms with Crippen molar-refractivity contribution in [2.45, 2.75) is 70.6 Å². The Hall–Kier alpha value is -1.88. The standard InChI is InChI=1S/C21H29ClN2O3/c22-17-10-9-11-18(16-17)23-19(25)12-7-5-3-1-2-4-6-8-15-24-20(26)13-14-21(24)27/h9-11,16H,1-8,12-15H2,(H,23,25). The smallest absolute Gasteiger partial charge is 0.229 e. The van der Waals surface area contributed by atoms with Crippen LogP contribution in [0.25, 0.3) is 0 Å². The van der Waals surface area contributed by atoms with E-state index in [4.69, 9.17) is 11.6 Å². The number of rotatable bonds is 12. The zero-order valence-corrected chi connectivity index (χ0v) is 16.6. The van der Waals surface area contributed by atoms with E-state index in [0.717, 1.165) is 57.1 Å². The van der Waals surface area contributed by atoms with Gasteiger partial charge in [-0.05, 0) is 31.0 Å². The molecule has 148 valence electrons. The summed E-state index contributed by atoms with van der Waals surface area (Å²) < 4.78 is 0. The van der Waals surface area contributed by atoms with Crippen molar-refractivity contribution in [2.75, 3.05) is 11.9 Å². The van der Waals surface area contributed by atoms with Crippen LogP contribution in [0, 0.1) is 0 Å². The maximum atomic E-state index is 11.9. The molecule has 1 fully saturated rings. The van der Waals surface area contributed by atoms with E-state index in [0.29, 0.717) is 30.8 Å². The third-order valence-electron chi connectivity index (χ3n) is 4.80. The number of amides is 3. The van der Waals surface area contributed by atoms with Gasteiger partial charge in [-0.25, -0.2) is 0 Å². The van der Waals surface area contributed by atoms with Crippen molar-refractivity contribution >= 4 is 35.0 Å². The number of imide groups is 1. The molecule has 1 saturated heterocycles. The van der Waals surface area contributed by atoms with Gasteiger partial charge in [-0.2, -0.15) is 0 Å². The van der Waals surface area contributed by atoms with Crippen molar-refractivity contribution in [3.8, 4) is 0 Å². The molecule has 5 nitrogen and oxygen atoms in total. The van der Waals surface area contributed by atoms with Gasteiger partial charge in [-0.3, -0.25) is 19.3 Å². The molecule has 1 aromatic rings. The number of nitrogens with one attached hydrogen (secondary N) is 1. The second-order valence-electron chi connectivity index (χ2n) is 7.08. The number of hydrogen-bond acceptors (Lipinski definition) is 3. The van der Waals surface area contributed by atoms with Crippen LogP contribution in [0.4, 0.5) is 5.69 Å². The molecule has 1 aliphatic rings. The Bertz CT molecular complexity index is 632. The van der Waals surface area contributed by atoms with Gasteiger partial charge in [-0.15, -0.1) is 0 Å². The van der Waals surface area contributed by atoms with E-state index in [1.807, 2.05) is 12.1 Å². The van der Waals surface area contributed by atoms with Crippen LogP contribution in [0.15, 0.2) is 24.3 Å². The van der Waals surface area contributed by atoms with Gasteiger partial charge in [0.2, 0.25) is 17.7 Å². The van der Waals surface area contributed by atoms with Crippen LogP contribution in [-0.2, 0) is 14.4 Å². The number of unbranched alkanes of at least 4 members (excludes halogenated alkanes) is 7. The van der Waals surface area contributed by atoms with Gasteiger partial charge in [-0.1, -0.05) is 56.2 Å². The third-order valence-corrected chi connectivity index (χ3v) is 5.03. The summed E-state index contributed by atoms with van der Waals surface area (Å²) in [5.74, 6) is 0.00192. The first-order valence-corrected chi connectivity index (χ1v) is 10.3. The van der Waals surface area contributed by atoms with Crippen LogP contribution in [0.5, 0.6) is 0 Å². The fraction of sp³-hybridized carbons (Fsp3) is 0.571. The molecule has 0 saturated carbocycles. The molecule has 0 bridgehead atoms. The molecule has 1 N–H and O–H groups in total. The van der Waals surface area contributed by atoms with E-state index in [1.165, 1.54) is 4.90 Å². The highest BCUT2D eigenvalue weighted by atomic mass is 35.5. The topological polar surface area (TPSA) is 66.5 Å². The molecule has 0 unspecified atom stereocenters. The van der Waals surface area contributed by atoms with Crippen LogP contribution < -0.4 is 5.32 Å². The Morgan fingerprint density at radius 1 is 0.926 bits per heavy atom. The maximum Gasteiger partial charge on any atom is 0.229 e. The molecular formula is C21H29ClN2O3. The Morgan fingerprint density at radius 2 is 1.52 bits per heavy atom. The number of carbonyl (C=O) groups excluding carboxylic acids is 3. The molecule has 6 heteroatoms. The van der Waals surface area contributed by atoms with Crippen molar-refractivity contribution in [3.63, 3.8) is 0 Å². The zero-order chi connectivity index (χ0) is 19.5. The summed E-state index contributed by atoms with van der Waals surface area (Å²) in [6.45, 7) is 0.583. The number of nitrogens with zero attached hydrogens (tertiary/aromatic N) is 1. The Morgan fingerprint density at radius 3 is 2.15 bits per heavy atom. The minimum absolute atomic E-state index is 0.0144. The lowest BCUT2D eigenvalue weighted by Gasteiger charge is -2.13. The Labute approximate surface area is 166 Å². The predicted octanol–water partition coefficient (Wildman–Crippen LogP) is 4.94. The average Bonchev–Trinajstić information content (AvgIpc) is 2.95. The minimum Gasteiger partial charge on any atom is -0.326 e. The van der Waals surface area contributed by atoms with E-state index in [9.17, 15) is 14.4 Å². The highest BCUT2D eigenvalue weighted by molar-refractivity contribution is 6.30. The van der Waals surface area contributed by atoms with Crippen molar-refractivity contribution in [1.82, 2.24) is 4.90 Å². The Kier molecular flexibility index (Phi) is 9.32. The monoisotopic (exact) mass is 392 g/mol. The fourth-order valence-corrected chi connectivity index (χ4v) is 3.47. The third kappa shape index (κ3) is 8.12. The molecule has 3 amide bonds. The fourth-order valence-electron chi connectivity index (χ4n) is 3.28. The number of carbonyl (C=O) groups is 3. The number of hydrogen-bond donors (Lipinski definition) is 1. The van der Waals surface area contributed by atoms with Gasteiger partial charge in [0.1, 0.15) is 0 Å². The van der Waals surface area contributed by atoms with Crippen molar-refractivity contribution < 1.29 is 14.4 Å². The molecule has 1 heterocycles. The van der Waals surface area contributed by atoms with Crippen LogP contribution in [0.1, 0.15) is 70.6 Å². The SMILES string of the molecule is O=C(CCCCCCCCCCN1C(=O)CCC1=O)Nc1cccc(Cl)c1. The molecule has 1 aliphatic heterocycles. The first-order chi connectivity index (χ1) is 13.1. The molecule has 0 aromatic heterocycles. The summed E-state index contributed by atoms with van der Waals surface area (Å²) in [7, 11) is 0. The minimum atomic E-state index is -0.0144.